The second-order valence-corrected chi connectivity index (χ2v) is 9.69. The number of benzene rings is 2. The number of aryl methyl sites for hydroxylation is 4. The van der Waals surface area contributed by atoms with Gasteiger partial charge in [0.25, 0.3) is 5.91 Å². The molecule has 0 fully saturated rings. The van der Waals surface area contributed by atoms with Crippen LogP contribution in [0.1, 0.15) is 23.7 Å². The number of ether oxygens (including phenoxy) is 1. The van der Waals surface area contributed by atoms with Gasteiger partial charge in [0.15, 0.2) is 11.6 Å². The second-order valence-electron chi connectivity index (χ2n) is 9.69. The average Bonchev–Trinajstić information content (AvgIpc) is 3.18. The number of hydrogen-bond donors (Lipinski definition) is 2. The number of aromatic nitrogens is 5. The Morgan fingerprint density at radius 1 is 1.05 bits per heavy atom. The van der Waals surface area contributed by atoms with Crippen LogP contribution in [-0.4, -0.2) is 30.4 Å². The quantitative estimate of drug-likeness (QED) is 0.253. The molecular formula is C30H28FN7O2. The van der Waals surface area contributed by atoms with Gasteiger partial charge in [0, 0.05) is 41.3 Å². The molecule has 9 nitrogen and oxygen atoms in total. The molecule has 1 amide bonds. The van der Waals surface area contributed by atoms with Gasteiger partial charge in [-0.25, -0.2) is 24.3 Å². The highest BCUT2D eigenvalue weighted by atomic mass is 19.1. The molecule has 0 aliphatic rings. The van der Waals surface area contributed by atoms with Crippen LogP contribution in [0.2, 0.25) is 0 Å². The average molecular weight is 538 g/mol. The van der Waals surface area contributed by atoms with E-state index in [-0.39, 0.29) is 23.5 Å². The lowest BCUT2D eigenvalue weighted by Crippen LogP contribution is -2.12. The van der Waals surface area contributed by atoms with Crippen LogP contribution < -0.4 is 15.8 Å². The molecule has 0 unspecified atom stereocenters. The molecule has 0 bridgehead atoms. The smallest absolute Gasteiger partial charge is 0.322 e. The normalized spacial score (nSPS) is 11.1. The highest BCUT2D eigenvalue weighted by Crippen LogP contribution is 2.44. The van der Waals surface area contributed by atoms with E-state index < -0.39 is 5.82 Å². The van der Waals surface area contributed by atoms with Crippen LogP contribution in [0.15, 0.2) is 61.1 Å². The van der Waals surface area contributed by atoms with Gasteiger partial charge < -0.3 is 20.4 Å². The predicted molar refractivity (Wildman–Crippen MR) is 154 cm³/mol. The number of halogens is 1. The minimum absolute atomic E-state index is 0.00896. The Balaban J connectivity index is 1.69. The Hall–Kier alpha value is -5.12. The molecule has 3 heterocycles. The van der Waals surface area contributed by atoms with Crippen molar-refractivity contribution in [3.05, 3.63) is 83.7 Å². The van der Waals surface area contributed by atoms with Gasteiger partial charge in [0.1, 0.15) is 17.8 Å². The second kappa shape index (κ2) is 10.2. The summed E-state index contributed by atoms with van der Waals surface area (Å²) in [4.78, 5) is 29.2. The number of carbonyl (C=O) groups is 1. The SMILES string of the molecule is C=C(C)C(=O)Nc1cc(C)c(-c2c(-c3ccc(Oc4nccc(C)n4)c(F)c3)c3c(N)ncnc3n2C)c(C)c1. The number of anilines is 2. The van der Waals surface area contributed by atoms with Crippen molar-refractivity contribution in [2.24, 2.45) is 7.05 Å². The van der Waals surface area contributed by atoms with Crippen molar-refractivity contribution in [1.82, 2.24) is 24.5 Å². The molecule has 10 heteroatoms. The number of carbonyl (C=O) groups excluding carboxylic acids is 1. The first-order chi connectivity index (χ1) is 19.0. The van der Waals surface area contributed by atoms with Gasteiger partial charge in [-0.3, -0.25) is 4.79 Å². The Labute approximate surface area is 230 Å². The zero-order valence-corrected chi connectivity index (χ0v) is 22.8. The predicted octanol–water partition coefficient (Wildman–Crippen LogP) is 6.05. The van der Waals surface area contributed by atoms with E-state index in [9.17, 15) is 4.79 Å². The summed E-state index contributed by atoms with van der Waals surface area (Å²) in [6.07, 6.45) is 2.95. The lowest BCUT2D eigenvalue weighted by Gasteiger charge is -2.17. The van der Waals surface area contributed by atoms with E-state index in [1.165, 1.54) is 18.5 Å². The molecule has 0 spiro atoms. The summed E-state index contributed by atoms with van der Waals surface area (Å²) in [6.45, 7) is 11.1. The molecule has 0 saturated carbocycles. The summed E-state index contributed by atoms with van der Waals surface area (Å²) in [5, 5.41) is 3.48. The summed E-state index contributed by atoms with van der Waals surface area (Å²) >= 11 is 0. The summed E-state index contributed by atoms with van der Waals surface area (Å²) < 4.78 is 23.0. The largest absolute Gasteiger partial charge is 0.421 e. The van der Waals surface area contributed by atoms with Gasteiger partial charge in [0.05, 0.1) is 11.1 Å². The van der Waals surface area contributed by atoms with Gasteiger partial charge in [-0.05, 0) is 74.7 Å². The van der Waals surface area contributed by atoms with E-state index in [1.54, 1.807) is 32.2 Å². The fourth-order valence-electron chi connectivity index (χ4n) is 4.81. The molecular weight excluding hydrogens is 509 g/mol. The molecule has 3 aromatic heterocycles. The summed E-state index contributed by atoms with van der Waals surface area (Å²) in [5.41, 5.74) is 13.5. The first-order valence-corrected chi connectivity index (χ1v) is 12.5. The molecule has 2 aromatic carbocycles. The minimum atomic E-state index is -0.590. The van der Waals surface area contributed by atoms with Crippen molar-refractivity contribution in [3.8, 4) is 34.1 Å². The minimum Gasteiger partial charge on any atom is -0.421 e. The fourth-order valence-corrected chi connectivity index (χ4v) is 4.81. The number of rotatable bonds is 6. The van der Waals surface area contributed by atoms with Crippen molar-refractivity contribution in [3.63, 3.8) is 0 Å². The molecule has 3 N–H and O–H groups in total. The lowest BCUT2D eigenvalue weighted by molar-refractivity contribution is -0.112. The van der Waals surface area contributed by atoms with E-state index in [1.807, 2.05) is 37.6 Å². The summed E-state index contributed by atoms with van der Waals surface area (Å²) in [7, 11) is 1.88. The number of amides is 1. The van der Waals surface area contributed by atoms with Crippen molar-refractivity contribution in [2.75, 3.05) is 11.1 Å². The van der Waals surface area contributed by atoms with E-state index in [0.29, 0.717) is 39.1 Å². The van der Waals surface area contributed by atoms with Crippen molar-refractivity contribution in [2.45, 2.75) is 27.7 Å². The maximum absolute atomic E-state index is 15.5. The number of nitrogen functional groups attached to an aromatic ring is 1. The lowest BCUT2D eigenvalue weighted by atomic mass is 9.92. The van der Waals surface area contributed by atoms with Crippen LogP contribution in [0.25, 0.3) is 33.4 Å². The van der Waals surface area contributed by atoms with E-state index >= 15 is 4.39 Å². The van der Waals surface area contributed by atoms with Crippen LogP contribution in [-0.2, 0) is 11.8 Å². The van der Waals surface area contributed by atoms with Crippen molar-refractivity contribution in [1.29, 1.82) is 0 Å². The summed E-state index contributed by atoms with van der Waals surface area (Å²) in [5.74, 6) is -0.581. The highest BCUT2D eigenvalue weighted by Gasteiger charge is 2.25. The van der Waals surface area contributed by atoms with Gasteiger partial charge in [-0.15, -0.1) is 0 Å². The third kappa shape index (κ3) is 4.75. The first-order valence-electron chi connectivity index (χ1n) is 12.5. The van der Waals surface area contributed by atoms with E-state index in [0.717, 1.165) is 22.4 Å². The molecule has 0 radical (unpaired) electrons. The van der Waals surface area contributed by atoms with Crippen molar-refractivity contribution >= 4 is 28.4 Å². The van der Waals surface area contributed by atoms with Crippen LogP contribution in [0.4, 0.5) is 15.9 Å². The third-order valence-electron chi connectivity index (χ3n) is 6.61. The third-order valence-corrected chi connectivity index (χ3v) is 6.61. The number of hydrogen-bond acceptors (Lipinski definition) is 7. The first kappa shape index (κ1) is 26.5. The number of nitrogens with one attached hydrogen (secondary N) is 1. The Kier molecular flexibility index (Phi) is 6.76. The standard InChI is InChI=1S/C30H28FN7O2/c1-15(2)29(39)37-20-11-16(3)23(17(4)12-20)26-24(25-27(32)34-14-35-28(25)38(26)6)19-7-8-22(21(31)13-19)40-30-33-10-9-18(5)36-30/h7-14H,1H2,2-6H3,(H,37,39)(H2,32,34,35). The number of fused-ring (bicyclic) bond motifs is 1. The van der Waals surface area contributed by atoms with E-state index in [2.05, 4.69) is 31.8 Å². The Morgan fingerprint density at radius 3 is 2.42 bits per heavy atom. The fraction of sp³-hybridized carbons (Fsp3) is 0.167. The van der Waals surface area contributed by atoms with Crippen LogP contribution >= 0.6 is 0 Å². The molecule has 202 valence electrons. The molecule has 0 aliphatic carbocycles. The molecule has 5 aromatic rings. The molecule has 40 heavy (non-hydrogen) atoms. The molecule has 0 aliphatic heterocycles. The van der Waals surface area contributed by atoms with Crippen LogP contribution in [0.5, 0.6) is 11.8 Å². The van der Waals surface area contributed by atoms with Gasteiger partial charge >= 0.3 is 6.01 Å². The van der Waals surface area contributed by atoms with E-state index in [4.69, 9.17) is 10.5 Å². The molecule has 0 atom stereocenters. The number of nitrogens with zero attached hydrogens (tertiary/aromatic N) is 5. The topological polar surface area (TPSA) is 121 Å². The van der Waals surface area contributed by atoms with Gasteiger partial charge in [0.2, 0.25) is 0 Å². The Bertz CT molecular complexity index is 1800. The summed E-state index contributed by atoms with van der Waals surface area (Å²) in [6, 6.07) is 10.2. The maximum atomic E-state index is 15.5. The molecule has 0 saturated heterocycles. The Morgan fingerprint density at radius 2 is 1.77 bits per heavy atom. The van der Waals surface area contributed by atoms with Crippen molar-refractivity contribution < 1.29 is 13.9 Å². The zero-order valence-electron chi connectivity index (χ0n) is 22.8. The highest BCUT2D eigenvalue weighted by molar-refractivity contribution is 6.09. The zero-order chi connectivity index (χ0) is 28.7. The van der Waals surface area contributed by atoms with Gasteiger partial charge in [-0.2, -0.15) is 0 Å². The van der Waals surface area contributed by atoms with Gasteiger partial charge in [-0.1, -0.05) is 12.6 Å². The number of nitrogens with two attached hydrogens (primary N) is 1. The molecule has 5 rings (SSSR count). The van der Waals surface area contributed by atoms with Crippen LogP contribution in [0.3, 0.4) is 0 Å². The maximum Gasteiger partial charge on any atom is 0.322 e. The van der Waals surface area contributed by atoms with Crippen LogP contribution in [0, 0.1) is 26.6 Å². The monoisotopic (exact) mass is 537 g/mol.